The molecule has 0 aliphatic heterocycles. The van der Waals surface area contributed by atoms with Crippen molar-refractivity contribution in [3.05, 3.63) is 95.5 Å². The lowest BCUT2D eigenvalue weighted by molar-refractivity contribution is -0.116. The fourth-order valence-electron chi connectivity index (χ4n) is 3.87. The minimum atomic E-state index is -1.11. The van der Waals surface area contributed by atoms with Gasteiger partial charge in [0.1, 0.15) is 18.1 Å². The van der Waals surface area contributed by atoms with Crippen LogP contribution >= 0.6 is 0 Å². The van der Waals surface area contributed by atoms with Crippen molar-refractivity contribution in [2.24, 2.45) is 0 Å². The van der Waals surface area contributed by atoms with E-state index in [0.29, 0.717) is 34.6 Å². The molecule has 188 valence electrons. The Morgan fingerprint density at radius 1 is 0.944 bits per heavy atom. The van der Waals surface area contributed by atoms with Gasteiger partial charge >= 0.3 is 11.9 Å². The first-order chi connectivity index (χ1) is 17.3. The van der Waals surface area contributed by atoms with Gasteiger partial charge in [-0.25, -0.2) is 9.59 Å². The van der Waals surface area contributed by atoms with Crippen molar-refractivity contribution < 1.29 is 33.8 Å². The number of carboxylic acid groups (broad SMARTS) is 1. The molecule has 7 nitrogen and oxygen atoms in total. The van der Waals surface area contributed by atoms with E-state index in [4.69, 9.17) is 9.15 Å². The van der Waals surface area contributed by atoms with Crippen molar-refractivity contribution in [2.45, 2.75) is 51.7 Å². The Bertz CT molecular complexity index is 1240. The van der Waals surface area contributed by atoms with Crippen LogP contribution in [-0.2, 0) is 16.1 Å². The molecule has 0 spiro atoms. The Balaban J connectivity index is 1.87. The van der Waals surface area contributed by atoms with Crippen LogP contribution in [0.15, 0.2) is 77.2 Å². The van der Waals surface area contributed by atoms with Crippen molar-refractivity contribution in [1.82, 2.24) is 0 Å². The molecule has 3 rings (SSSR count). The maximum atomic E-state index is 13.3. The molecule has 0 aliphatic carbocycles. The first kappa shape index (κ1) is 26.6. The average Bonchev–Trinajstić information content (AvgIpc) is 3.38. The molecule has 1 aromatic heterocycles. The number of allylic oxidation sites excluding steroid dienone is 1. The predicted octanol–water partition coefficient (Wildman–Crippen LogP) is 6.13. The van der Waals surface area contributed by atoms with Crippen molar-refractivity contribution in [3.63, 3.8) is 0 Å². The van der Waals surface area contributed by atoms with E-state index in [9.17, 15) is 24.6 Å². The molecule has 1 heterocycles. The molecule has 1 atom stereocenters. The molecule has 7 heteroatoms. The van der Waals surface area contributed by atoms with Gasteiger partial charge in [0.05, 0.1) is 11.1 Å². The minimum absolute atomic E-state index is 0.0594. The van der Waals surface area contributed by atoms with Crippen molar-refractivity contribution in [2.75, 3.05) is 0 Å². The van der Waals surface area contributed by atoms with Gasteiger partial charge in [-0.15, -0.1) is 0 Å². The highest BCUT2D eigenvalue weighted by Gasteiger charge is 2.25. The average molecular weight is 491 g/mol. The van der Waals surface area contributed by atoms with E-state index in [1.54, 1.807) is 54.6 Å². The van der Waals surface area contributed by atoms with Crippen LogP contribution < -0.4 is 0 Å². The second-order valence-corrected chi connectivity index (χ2v) is 8.42. The number of carbonyl (C=O) groups is 3. The van der Waals surface area contributed by atoms with Crippen LogP contribution in [0.25, 0.3) is 11.1 Å². The van der Waals surface area contributed by atoms with Gasteiger partial charge < -0.3 is 19.4 Å². The van der Waals surface area contributed by atoms with Crippen molar-refractivity contribution in [1.29, 1.82) is 0 Å². The molecule has 36 heavy (non-hydrogen) atoms. The highest BCUT2D eigenvalue weighted by Crippen LogP contribution is 2.31. The SMILES string of the molecule is C=C(CCCC)C(=O)CC[C@@H](OC(=O)c1ccccc1-c1ccccc1C(=O)O)c1ccc(CO)o1. The van der Waals surface area contributed by atoms with Crippen LogP contribution in [0.4, 0.5) is 0 Å². The maximum absolute atomic E-state index is 13.3. The number of aromatic carboxylic acids is 1. The van der Waals surface area contributed by atoms with Crippen LogP contribution in [-0.4, -0.2) is 27.9 Å². The fraction of sp³-hybridized carbons (Fsp3) is 0.276. The Kier molecular flexibility index (Phi) is 9.36. The third-order valence-electron chi connectivity index (χ3n) is 5.86. The van der Waals surface area contributed by atoms with E-state index >= 15 is 0 Å². The Labute approximate surface area is 210 Å². The Morgan fingerprint density at radius 3 is 2.19 bits per heavy atom. The summed E-state index contributed by atoms with van der Waals surface area (Å²) in [7, 11) is 0. The minimum Gasteiger partial charge on any atom is -0.478 e. The number of ether oxygens (including phenoxy) is 1. The normalized spacial score (nSPS) is 11.6. The lowest BCUT2D eigenvalue weighted by Crippen LogP contribution is -2.14. The van der Waals surface area contributed by atoms with Crippen molar-refractivity contribution in [3.8, 4) is 11.1 Å². The summed E-state index contributed by atoms with van der Waals surface area (Å²) in [6, 6.07) is 16.2. The molecule has 2 aromatic carbocycles. The number of unbranched alkanes of at least 4 members (excludes halogenated alkanes) is 1. The Morgan fingerprint density at radius 2 is 1.58 bits per heavy atom. The quantitative estimate of drug-likeness (QED) is 0.219. The van der Waals surface area contributed by atoms with E-state index in [1.165, 1.54) is 6.07 Å². The number of esters is 1. The zero-order valence-corrected chi connectivity index (χ0v) is 20.2. The molecular weight excluding hydrogens is 460 g/mol. The number of benzene rings is 2. The third kappa shape index (κ3) is 6.58. The molecule has 0 fully saturated rings. The first-order valence-corrected chi connectivity index (χ1v) is 11.9. The number of hydrogen-bond acceptors (Lipinski definition) is 6. The van der Waals surface area contributed by atoms with Crippen LogP contribution in [0.3, 0.4) is 0 Å². The van der Waals surface area contributed by atoms with Gasteiger partial charge in [0.15, 0.2) is 11.9 Å². The summed E-state index contributed by atoms with van der Waals surface area (Å²) >= 11 is 0. The number of carboxylic acids is 1. The third-order valence-corrected chi connectivity index (χ3v) is 5.86. The standard InChI is InChI=1S/C29H30O7/c1-3-4-9-19(2)25(31)15-17-27(26-16-14-20(18-30)35-26)36-29(34)24-13-8-6-11-22(24)21-10-5-7-12-23(21)28(32)33/h5-8,10-14,16,27,30H,2-4,9,15,17-18H2,1H3,(H,32,33)/t27-/m1/s1. The summed E-state index contributed by atoms with van der Waals surface area (Å²) in [6.07, 6.45) is 1.83. The molecule has 3 aromatic rings. The number of Topliss-reactive ketones (excluding diaryl/α,β-unsaturated/α-hetero) is 1. The summed E-state index contributed by atoms with van der Waals surface area (Å²) in [4.78, 5) is 37.7. The molecule has 0 amide bonds. The molecular formula is C29H30O7. The summed E-state index contributed by atoms with van der Waals surface area (Å²) in [5, 5.41) is 19.0. The van der Waals surface area contributed by atoms with E-state index in [-0.39, 0.29) is 36.4 Å². The number of carbonyl (C=O) groups excluding carboxylic acids is 2. The summed E-state index contributed by atoms with van der Waals surface area (Å²) in [6.45, 7) is 5.59. The molecule has 0 saturated carbocycles. The predicted molar refractivity (Wildman–Crippen MR) is 135 cm³/mol. The zero-order chi connectivity index (χ0) is 26.1. The summed E-state index contributed by atoms with van der Waals surface area (Å²) in [5.74, 6) is -1.28. The maximum Gasteiger partial charge on any atom is 0.339 e. The number of furan rings is 1. The number of aliphatic hydroxyl groups is 1. The van der Waals surface area contributed by atoms with Gasteiger partial charge in [0.2, 0.25) is 0 Å². The highest BCUT2D eigenvalue weighted by molar-refractivity contribution is 6.02. The molecule has 0 unspecified atom stereocenters. The smallest absolute Gasteiger partial charge is 0.339 e. The van der Waals surface area contributed by atoms with Gasteiger partial charge in [-0.1, -0.05) is 56.3 Å². The van der Waals surface area contributed by atoms with Gasteiger partial charge in [-0.05, 0) is 60.2 Å². The van der Waals surface area contributed by atoms with Gasteiger partial charge in [-0.3, -0.25) is 4.79 Å². The van der Waals surface area contributed by atoms with E-state index in [1.807, 2.05) is 6.92 Å². The number of hydrogen-bond donors (Lipinski definition) is 2. The molecule has 0 saturated heterocycles. The topological polar surface area (TPSA) is 114 Å². The molecule has 2 N–H and O–H groups in total. The lowest BCUT2D eigenvalue weighted by atomic mass is 9.95. The van der Waals surface area contributed by atoms with Crippen LogP contribution in [0.1, 0.15) is 77.4 Å². The second kappa shape index (κ2) is 12.7. The first-order valence-electron chi connectivity index (χ1n) is 11.9. The summed E-state index contributed by atoms with van der Waals surface area (Å²) in [5.41, 5.74) is 1.58. The molecule has 0 bridgehead atoms. The zero-order valence-electron chi connectivity index (χ0n) is 20.2. The number of rotatable bonds is 13. The lowest BCUT2D eigenvalue weighted by Gasteiger charge is -2.18. The van der Waals surface area contributed by atoms with Gasteiger partial charge in [0.25, 0.3) is 0 Å². The molecule has 0 aliphatic rings. The number of aliphatic hydroxyl groups excluding tert-OH is 1. The fourth-order valence-corrected chi connectivity index (χ4v) is 3.87. The second-order valence-electron chi connectivity index (χ2n) is 8.42. The largest absolute Gasteiger partial charge is 0.478 e. The van der Waals surface area contributed by atoms with Crippen LogP contribution in [0, 0.1) is 0 Å². The summed E-state index contributed by atoms with van der Waals surface area (Å²) < 4.78 is 11.4. The monoisotopic (exact) mass is 490 g/mol. The Hall–Kier alpha value is -3.97. The highest BCUT2D eigenvalue weighted by atomic mass is 16.6. The van der Waals surface area contributed by atoms with Crippen LogP contribution in [0.5, 0.6) is 0 Å². The molecule has 0 radical (unpaired) electrons. The number of ketones is 1. The van der Waals surface area contributed by atoms with E-state index < -0.39 is 18.0 Å². The van der Waals surface area contributed by atoms with E-state index in [0.717, 1.165) is 12.8 Å². The van der Waals surface area contributed by atoms with Crippen molar-refractivity contribution >= 4 is 17.7 Å². The van der Waals surface area contributed by atoms with Crippen LogP contribution in [0.2, 0.25) is 0 Å². The van der Waals surface area contributed by atoms with Gasteiger partial charge in [-0.2, -0.15) is 0 Å². The van der Waals surface area contributed by atoms with Gasteiger partial charge in [0, 0.05) is 6.42 Å². The van der Waals surface area contributed by atoms with E-state index in [2.05, 4.69) is 6.58 Å².